The van der Waals surface area contributed by atoms with Gasteiger partial charge in [-0.2, -0.15) is 5.10 Å². The Morgan fingerprint density at radius 1 is 1.12 bits per heavy atom. The summed E-state index contributed by atoms with van der Waals surface area (Å²) in [5.41, 5.74) is 0.318. The maximum atomic E-state index is 13.2. The molecule has 0 radical (unpaired) electrons. The van der Waals surface area contributed by atoms with Crippen LogP contribution < -0.4 is 4.72 Å². The lowest BCUT2D eigenvalue weighted by Gasteiger charge is -2.05. The van der Waals surface area contributed by atoms with Crippen LogP contribution in [0.5, 0.6) is 0 Å². The SMILES string of the molecule is O=C(NS(=O)(=O)c1ccccc1)c1cnn(-c2cncc(F)c2)c1. The van der Waals surface area contributed by atoms with E-state index in [4.69, 9.17) is 0 Å². The van der Waals surface area contributed by atoms with Crippen molar-refractivity contribution in [3.05, 3.63) is 72.6 Å². The smallest absolute Gasteiger partial charge is 0.268 e. The summed E-state index contributed by atoms with van der Waals surface area (Å²) < 4.78 is 40.6. The van der Waals surface area contributed by atoms with Crippen LogP contribution in [-0.2, 0) is 10.0 Å². The molecule has 7 nitrogen and oxygen atoms in total. The summed E-state index contributed by atoms with van der Waals surface area (Å²) in [5.74, 6) is -1.39. The van der Waals surface area contributed by atoms with E-state index < -0.39 is 21.7 Å². The van der Waals surface area contributed by atoms with Gasteiger partial charge in [-0.15, -0.1) is 0 Å². The summed E-state index contributed by atoms with van der Waals surface area (Å²) in [5, 5.41) is 3.91. The van der Waals surface area contributed by atoms with Gasteiger partial charge < -0.3 is 0 Å². The van der Waals surface area contributed by atoms with Gasteiger partial charge >= 0.3 is 0 Å². The van der Waals surface area contributed by atoms with Crippen molar-refractivity contribution >= 4 is 15.9 Å². The van der Waals surface area contributed by atoms with E-state index in [1.165, 1.54) is 41.5 Å². The molecule has 1 amide bonds. The number of nitrogens with one attached hydrogen (secondary N) is 1. The number of nitrogens with zero attached hydrogens (tertiary/aromatic N) is 3. The van der Waals surface area contributed by atoms with Gasteiger partial charge in [0.15, 0.2) is 0 Å². The quantitative estimate of drug-likeness (QED) is 0.773. The molecular formula is C15H11FN4O3S. The van der Waals surface area contributed by atoms with Gasteiger partial charge in [0.2, 0.25) is 0 Å². The van der Waals surface area contributed by atoms with Crippen molar-refractivity contribution in [1.82, 2.24) is 19.5 Å². The summed E-state index contributed by atoms with van der Waals surface area (Å²) in [6, 6.07) is 8.69. The summed E-state index contributed by atoms with van der Waals surface area (Å²) in [6.45, 7) is 0. The monoisotopic (exact) mass is 346 g/mol. The molecule has 2 aromatic heterocycles. The Morgan fingerprint density at radius 3 is 2.58 bits per heavy atom. The fraction of sp³-hybridized carbons (Fsp3) is 0. The molecule has 1 aromatic carbocycles. The zero-order valence-electron chi connectivity index (χ0n) is 12.1. The van der Waals surface area contributed by atoms with E-state index >= 15 is 0 Å². The molecule has 0 unspecified atom stereocenters. The predicted molar refractivity (Wildman–Crippen MR) is 82.4 cm³/mol. The minimum atomic E-state index is -3.98. The fourth-order valence-electron chi connectivity index (χ4n) is 1.95. The molecule has 1 N–H and O–H groups in total. The normalized spacial score (nSPS) is 11.2. The zero-order valence-corrected chi connectivity index (χ0v) is 12.9. The van der Waals surface area contributed by atoms with Gasteiger partial charge in [-0.25, -0.2) is 22.2 Å². The second-order valence-electron chi connectivity index (χ2n) is 4.78. The Hall–Kier alpha value is -3.07. The fourth-order valence-corrected chi connectivity index (χ4v) is 2.94. The first-order valence-electron chi connectivity index (χ1n) is 6.73. The number of carbonyl (C=O) groups is 1. The highest BCUT2D eigenvalue weighted by atomic mass is 32.2. The molecule has 3 aromatic rings. The predicted octanol–water partition coefficient (Wildman–Crippen LogP) is 1.53. The van der Waals surface area contributed by atoms with Crippen LogP contribution in [0.15, 0.2) is 66.1 Å². The van der Waals surface area contributed by atoms with Crippen molar-refractivity contribution in [2.24, 2.45) is 0 Å². The minimum Gasteiger partial charge on any atom is -0.268 e. The molecule has 0 atom stereocenters. The van der Waals surface area contributed by atoms with Crippen LogP contribution in [0.2, 0.25) is 0 Å². The second kappa shape index (κ2) is 6.20. The summed E-state index contributed by atoms with van der Waals surface area (Å²) in [7, 11) is -3.98. The molecule has 0 saturated carbocycles. The lowest BCUT2D eigenvalue weighted by molar-refractivity contribution is 0.0981. The molecule has 0 aliphatic heterocycles. The first-order valence-corrected chi connectivity index (χ1v) is 8.22. The average Bonchev–Trinajstić information content (AvgIpc) is 3.05. The Labute approximate surface area is 136 Å². The van der Waals surface area contributed by atoms with Gasteiger partial charge in [0.05, 0.1) is 34.7 Å². The second-order valence-corrected chi connectivity index (χ2v) is 6.47. The van der Waals surface area contributed by atoms with Gasteiger partial charge in [0.25, 0.3) is 15.9 Å². The molecule has 24 heavy (non-hydrogen) atoms. The van der Waals surface area contributed by atoms with Crippen molar-refractivity contribution in [1.29, 1.82) is 0 Å². The first-order chi connectivity index (χ1) is 11.5. The molecule has 0 fully saturated rings. The third kappa shape index (κ3) is 3.30. The molecule has 0 saturated heterocycles. The van der Waals surface area contributed by atoms with Crippen molar-refractivity contribution in [2.75, 3.05) is 0 Å². The minimum absolute atomic E-state index is 0.0127. The highest BCUT2D eigenvalue weighted by Gasteiger charge is 2.19. The maximum Gasteiger partial charge on any atom is 0.268 e. The molecule has 3 rings (SSSR count). The van der Waals surface area contributed by atoms with E-state index in [2.05, 4.69) is 10.1 Å². The van der Waals surface area contributed by atoms with E-state index in [0.717, 1.165) is 6.20 Å². The number of pyridine rings is 1. The third-order valence-corrected chi connectivity index (χ3v) is 4.43. The molecule has 9 heteroatoms. The number of sulfonamides is 1. The summed E-state index contributed by atoms with van der Waals surface area (Å²) in [6.07, 6.45) is 4.86. The Balaban J connectivity index is 1.82. The topological polar surface area (TPSA) is 94.0 Å². The van der Waals surface area contributed by atoms with Crippen LogP contribution >= 0.6 is 0 Å². The molecular weight excluding hydrogens is 335 g/mol. The highest BCUT2D eigenvalue weighted by Crippen LogP contribution is 2.11. The Morgan fingerprint density at radius 2 is 1.88 bits per heavy atom. The van der Waals surface area contributed by atoms with Crippen LogP contribution in [0.3, 0.4) is 0 Å². The van der Waals surface area contributed by atoms with Gasteiger partial charge in [-0.05, 0) is 12.1 Å². The van der Waals surface area contributed by atoms with Gasteiger partial charge in [0, 0.05) is 12.3 Å². The van der Waals surface area contributed by atoms with Gasteiger partial charge in [-0.3, -0.25) is 9.78 Å². The molecule has 122 valence electrons. The molecule has 0 bridgehead atoms. The number of hydrogen-bond donors (Lipinski definition) is 1. The largest absolute Gasteiger partial charge is 0.268 e. The number of halogens is 1. The number of hydrogen-bond acceptors (Lipinski definition) is 5. The Bertz CT molecular complexity index is 987. The van der Waals surface area contributed by atoms with Crippen LogP contribution in [-0.4, -0.2) is 29.1 Å². The number of rotatable bonds is 4. The molecule has 0 spiro atoms. The van der Waals surface area contributed by atoms with Crippen LogP contribution in [0.1, 0.15) is 10.4 Å². The zero-order chi connectivity index (χ0) is 17.2. The molecule has 2 heterocycles. The first kappa shape index (κ1) is 15.8. The van der Waals surface area contributed by atoms with E-state index in [-0.39, 0.29) is 10.5 Å². The number of carbonyl (C=O) groups excluding carboxylic acids is 1. The summed E-state index contributed by atoms with van der Waals surface area (Å²) in [4.78, 5) is 15.8. The number of benzene rings is 1. The van der Waals surface area contributed by atoms with Crippen LogP contribution in [0.25, 0.3) is 5.69 Å². The van der Waals surface area contributed by atoms with Crippen molar-refractivity contribution in [2.45, 2.75) is 4.90 Å². The molecule has 0 aliphatic carbocycles. The number of aromatic nitrogens is 3. The van der Waals surface area contributed by atoms with Crippen molar-refractivity contribution in [3.63, 3.8) is 0 Å². The van der Waals surface area contributed by atoms with Gasteiger partial charge in [0.1, 0.15) is 5.82 Å². The standard InChI is InChI=1S/C15H11FN4O3S/c16-12-6-13(9-17-8-12)20-10-11(7-18-20)15(21)19-24(22,23)14-4-2-1-3-5-14/h1-10H,(H,19,21). The van der Waals surface area contributed by atoms with E-state index in [9.17, 15) is 17.6 Å². The van der Waals surface area contributed by atoms with Crippen molar-refractivity contribution in [3.8, 4) is 5.69 Å². The van der Waals surface area contributed by atoms with E-state index in [1.54, 1.807) is 18.2 Å². The third-order valence-electron chi connectivity index (χ3n) is 3.08. The lowest BCUT2D eigenvalue weighted by Crippen LogP contribution is -2.30. The maximum absolute atomic E-state index is 13.2. The van der Waals surface area contributed by atoms with Crippen LogP contribution in [0.4, 0.5) is 4.39 Å². The average molecular weight is 346 g/mol. The number of amides is 1. The lowest BCUT2D eigenvalue weighted by atomic mass is 10.3. The molecule has 0 aliphatic rings. The Kier molecular flexibility index (Phi) is 4.09. The van der Waals surface area contributed by atoms with Crippen molar-refractivity contribution < 1.29 is 17.6 Å². The van der Waals surface area contributed by atoms with Gasteiger partial charge in [-0.1, -0.05) is 18.2 Å². The van der Waals surface area contributed by atoms with Crippen LogP contribution in [0, 0.1) is 5.82 Å². The van der Waals surface area contributed by atoms with E-state index in [1.807, 2.05) is 4.72 Å². The summed E-state index contributed by atoms with van der Waals surface area (Å²) >= 11 is 0. The van der Waals surface area contributed by atoms with E-state index in [0.29, 0.717) is 5.69 Å². The highest BCUT2D eigenvalue weighted by molar-refractivity contribution is 7.90.